The maximum atomic E-state index is 14.0. The van der Waals surface area contributed by atoms with Crippen molar-refractivity contribution in [2.45, 2.75) is 38.6 Å². The van der Waals surface area contributed by atoms with Gasteiger partial charge in [0, 0.05) is 49.4 Å². The number of halogens is 3. The van der Waals surface area contributed by atoms with Gasteiger partial charge in [-0.3, -0.25) is 9.59 Å². The van der Waals surface area contributed by atoms with Gasteiger partial charge in [-0.25, -0.2) is 4.68 Å². The van der Waals surface area contributed by atoms with Crippen molar-refractivity contribution in [2.75, 3.05) is 25.3 Å². The minimum Gasteiger partial charge on any atom is -0.454 e. The number of anilines is 1. The van der Waals surface area contributed by atoms with Crippen molar-refractivity contribution in [3.05, 3.63) is 65.0 Å². The number of amides is 2. The molecule has 2 amide bonds. The standard InChI is InChI=1S/C26H25F3N4O5/c1-25(2,36)24(35)32-10-9-19-18(13-32)22(26(27,28)29)30-33(19)17-6-4-5-15(11-17)23(34)31(3)16-7-8-20-21(12-16)38-14-37-20/h4-8,11-12,36H,9-10,13-14H2,1-3H3. The van der Waals surface area contributed by atoms with E-state index in [2.05, 4.69) is 5.10 Å². The summed E-state index contributed by atoms with van der Waals surface area (Å²) in [7, 11) is 1.58. The zero-order valence-corrected chi connectivity index (χ0v) is 20.9. The molecule has 0 fully saturated rings. The highest BCUT2D eigenvalue weighted by Gasteiger charge is 2.42. The predicted molar refractivity (Wildman–Crippen MR) is 129 cm³/mol. The molecule has 0 saturated heterocycles. The molecule has 9 nitrogen and oxygen atoms in total. The number of carbonyl (C=O) groups excluding carboxylic acids is 2. The van der Waals surface area contributed by atoms with E-state index in [1.807, 2.05) is 0 Å². The molecule has 0 aliphatic carbocycles. The van der Waals surface area contributed by atoms with Crippen LogP contribution in [0.25, 0.3) is 5.69 Å². The molecular formula is C26H25F3N4O5. The number of aliphatic hydroxyl groups is 1. The Kier molecular flexibility index (Phi) is 6.09. The molecule has 3 aromatic rings. The molecule has 200 valence electrons. The summed E-state index contributed by atoms with van der Waals surface area (Å²) in [5.74, 6) is 0.0344. The van der Waals surface area contributed by atoms with Crippen molar-refractivity contribution in [1.82, 2.24) is 14.7 Å². The summed E-state index contributed by atoms with van der Waals surface area (Å²) in [6.07, 6.45) is -4.67. The van der Waals surface area contributed by atoms with Gasteiger partial charge in [-0.2, -0.15) is 18.3 Å². The van der Waals surface area contributed by atoms with Crippen LogP contribution in [0.1, 0.15) is 41.2 Å². The molecule has 2 aliphatic heterocycles. The summed E-state index contributed by atoms with van der Waals surface area (Å²) in [6.45, 7) is 2.46. The van der Waals surface area contributed by atoms with E-state index in [1.165, 1.54) is 34.4 Å². The fourth-order valence-corrected chi connectivity index (χ4v) is 4.60. The normalized spacial score (nSPS) is 14.9. The lowest BCUT2D eigenvalue weighted by atomic mass is 10.0. The fourth-order valence-electron chi connectivity index (χ4n) is 4.60. The van der Waals surface area contributed by atoms with Gasteiger partial charge >= 0.3 is 6.18 Å². The molecule has 2 aliphatic rings. The highest BCUT2D eigenvalue weighted by molar-refractivity contribution is 6.06. The maximum Gasteiger partial charge on any atom is 0.435 e. The molecule has 2 aromatic carbocycles. The molecule has 5 rings (SSSR count). The number of benzene rings is 2. The summed E-state index contributed by atoms with van der Waals surface area (Å²) in [5.41, 5.74) is -1.57. The van der Waals surface area contributed by atoms with Gasteiger partial charge in [0.15, 0.2) is 17.2 Å². The molecule has 0 spiro atoms. The highest BCUT2D eigenvalue weighted by atomic mass is 19.4. The first-order valence-electron chi connectivity index (χ1n) is 11.8. The molecule has 1 N–H and O–H groups in total. The van der Waals surface area contributed by atoms with Crippen LogP contribution in [0, 0.1) is 0 Å². The fraction of sp³-hybridized carbons (Fsp3) is 0.346. The summed E-state index contributed by atoms with van der Waals surface area (Å²) < 4.78 is 53.7. The van der Waals surface area contributed by atoms with E-state index in [1.54, 1.807) is 43.4 Å². The topological polar surface area (TPSA) is 97.1 Å². The number of ether oxygens (including phenoxy) is 2. The van der Waals surface area contributed by atoms with Gasteiger partial charge in [-0.1, -0.05) is 6.07 Å². The Morgan fingerprint density at radius 2 is 1.82 bits per heavy atom. The van der Waals surface area contributed by atoms with Crippen molar-refractivity contribution in [1.29, 1.82) is 0 Å². The Labute approximate surface area is 216 Å². The molecule has 0 unspecified atom stereocenters. The Bertz CT molecular complexity index is 1430. The molecule has 1 aromatic heterocycles. The summed E-state index contributed by atoms with van der Waals surface area (Å²) in [4.78, 5) is 28.4. The van der Waals surface area contributed by atoms with Crippen LogP contribution < -0.4 is 14.4 Å². The lowest BCUT2D eigenvalue weighted by molar-refractivity contribution is -0.150. The van der Waals surface area contributed by atoms with Crippen molar-refractivity contribution >= 4 is 17.5 Å². The summed E-state index contributed by atoms with van der Waals surface area (Å²) in [5, 5.41) is 13.9. The van der Waals surface area contributed by atoms with E-state index in [4.69, 9.17) is 9.47 Å². The second kappa shape index (κ2) is 9.05. The first-order valence-corrected chi connectivity index (χ1v) is 11.8. The number of aromatic nitrogens is 2. The van der Waals surface area contributed by atoms with E-state index in [0.717, 1.165) is 0 Å². The first kappa shape index (κ1) is 25.6. The number of nitrogens with zero attached hydrogens (tertiary/aromatic N) is 4. The second-order valence-corrected chi connectivity index (χ2v) is 9.67. The molecule has 3 heterocycles. The molecule has 12 heteroatoms. The zero-order valence-electron chi connectivity index (χ0n) is 20.9. The van der Waals surface area contributed by atoms with Crippen LogP contribution in [0.2, 0.25) is 0 Å². The van der Waals surface area contributed by atoms with Gasteiger partial charge in [0.1, 0.15) is 5.60 Å². The van der Waals surface area contributed by atoms with Gasteiger partial charge in [0.25, 0.3) is 11.8 Å². The van der Waals surface area contributed by atoms with Gasteiger partial charge < -0.3 is 24.4 Å². The molecule has 38 heavy (non-hydrogen) atoms. The minimum absolute atomic E-state index is 0.0928. The summed E-state index contributed by atoms with van der Waals surface area (Å²) >= 11 is 0. The van der Waals surface area contributed by atoms with E-state index in [9.17, 15) is 27.9 Å². The van der Waals surface area contributed by atoms with Crippen LogP contribution in [-0.2, 0) is 23.9 Å². The minimum atomic E-state index is -4.76. The van der Waals surface area contributed by atoms with Crippen molar-refractivity contribution < 1.29 is 37.3 Å². The Balaban J connectivity index is 1.48. The lowest BCUT2D eigenvalue weighted by Gasteiger charge is -2.32. The number of hydrogen-bond acceptors (Lipinski definition) is 6. The maximum absolute atomic E-state index is 14.0. The average Bonchev–Trinajstić information content (AvgIpc) is 3.50. The zero-order chi connectivity index (χ0) is 27.4. The third kappa shape index (κ3) is 4.55. The smallest absolute Gasteiger partial charge is 0.435 e. The van der Waals surface area contributed by atoms with Gasteiger partial charge in [0.05, 0.1) is 11.4 Å². The van der Waals surface area contributed by atoms with Gasteiger partial charge in [-0.15, -0.1) is 0 Å². The Morgan fingerprint density at radius 3 is 2.53 bits per heavy atom. The number of fused-ring (bicyclic) bond motifs is 2. The first-order chi connectivity index (χ1) is 17.8. The second-order valence-electron chi connectivity index (χ2n) is 9.67. The molecule has 0 radical (unpaired) electrons. The molecule has 0 atom stereocenters. The monoisotopic (exact) mass is 530 g/mol. The number of rotatable bonds is 4. The van der Waals surface area contributed by atoms with E-state index in [0.29, 0.717) is 22.9 Å². The number of hydrogen-bond donors (Lipinski definition) is 1. The van der Waals surface area contributed by atoms with Crippen LogP contribution in [0.15, 0.2) is 42.5 Å². The summed E-state index contributed by atoms with van der Waals surface area (Å²) in [6, 6.07) is 11.3. The Hall–Kier alpha value is -4.06. The van der Waals surface area contributed by atoms with Crippen LogP contribution >= 0.6 is 0 Å². The van der Waals surface area contributed by atoms with Gasteiger partial charge in [-0.05, 0) is 44.2 Å². The predicted octanol–water partition coefficient (Wildman–Crippen LogP) is 3.55. The third-order valence-electron chi connectivity index (χ3n) is 6.52. The van der Waals surface area contributed by atoms with Gasteiger partial charge in [0.2, 0.25) is 6.79 Å². The lowest BCUT2D eigenvalue weighted by Crippen LogP contribution is -2.47. The van der Waals surface area contributed by atoms with Crippen molar-refractivity contribution in [2.24, 2.45) is 0 Å². The van der Waals surface area contributed by atoms with Crippen molar-refractivity contribution in [3.63, 3.8) is 0 Å². The highest BCUT2D eigenvalue weighted by Crippen LogP contribution is 2.37. The van der Waals surface area contributed by atoms with Crippen LogP contribution in [0.4, 0.5) is 18.9 Å². The average molecular weight is 531 g/mol. The van der Waals surface area contributed by atoms with Crippen LogP contribution in [-0.4, -0.2) is 57.6 Å². The quantitative estimate of drug-likeness (QED) is 0.554. The van der Waals surface area contributed by atoms with Crippen LogP contribution in [0.5, 0.6) is 11.5 Å². The molecular weight excluding hydrogens is 505 g/mol. The number of carbonyl (C=O) groups is 2. The third-order valence-corrected chi connectivity index (χ3v) is 6.52. The van der Waals surface area contributed by atoms with E-state index < -0.39 is 23.4 Å². The SMILES string of the molecule is CN(C(=O)c1cccc(-n2nc(C(F)(F)F)c3c2CCN(C(=O)C(C)(C)O)C3)c1)c1ccc2c(c1)OCO2. The van der Waals surface area contributed by atoms with Crippen molar-refractivity contribution in [3.8, 4) is 17.2 Å². The van der Waals surface area contributed by atoms with Crippen LogP contribution in [0.3, 0.4) is 0 Å². The largest absolute Gasteiger partial charge is 0.454 e. The Morgan fingerprint density at radius 1 is 1.08 bits per heavy atom. The van der Waals surface area contributed by atoms with E-state index in [-0.39, 0.29) is 49.0 Å². The molecule has 0 bridgehead atoms. The van der Waals surface area contributed by atoms with E-state index >= 15 is 0 Å². The molecule has 0 saturated carbocycles. The number of alkyl halides is 3.